The molecule has 0 saturated carbocycles. The fourth-order valence-corrected chi connectivity index (χ4v) is 3.46. The minimum absolute atomic E-state index is 0.127. The van der Waals surface area contributed by atoms with Crippen LogP contribution in [-0.2, 0) is 16.0 Å². The number of pyridine rings is 1. The van der Waals surface area contributed by atoms with Crippen molar-refractivity contribution in [1.82, 2.24) is 15.0 Å². The summed E-state index contributed by atoms with van der Waals surface area (Å²) in [6.45, 7) is 5.43. The molecule has 0 aliphatic heterocycles. The standard InChI is InChI=1S/C26H21N3O4/c1-15-16(2)29-24(17(3)28-15)12-25(31)33-26(32)20-6-4-19(5-7-20)21-8-9-23-22(11-21)10-18(14-30)13-27-23/h4-11,13-14H,12H2,1-3H3. The van der Waals surface area contributed by atoms with Crippen molar-refractivity contribution in [3.05, 3.63) is 88.6 Å². The van der Waals surface area contributed by atoms with Crippen LogP contribution in [0.2, 0.25) is 0 Å². The highest BCUT2D eigenvalue weighted by molar-refractivity contribution is 5.97. The number of ether oxygens (including phenoxy) is 1. The molecule has 2 heterocycles. The number of aldehydes is 1. The van der Waals surface area contributed by atoms with E-state index in [0.29, 0.717) is 17.0 Å². The summed E-state index contributed by atoms with van der Waals surface area (Å²) in [5, 5.41) is 0.843. The average Bonchev–Trinajstić information content (AvgIpc) is 2.81. The number of esters is 2. The highest BCUT2D eigenvalue weighted by Gasteiger charge is 2.17. The molecule has 0 aliphatic rings. The molecule has 0 amide bonds. The van der Waals surface area contributed by atoms with E-state index < -0.39 is 11.9 Å². The molecule has 7 heteroatoms. The van der Waals surface area contributed by atoms with Gasteiger partial charge in [0.25, 0.3) is 0 Å². The lowest BCUT2D eigenvalue weighted by molar-refractivity contribution is -0.137. The highest BCUT2D eigenvalue weighted by atomic mass is 16.6. The minimum Gasteiger partial charge on any atom is -0.389 e. The van der Waals surface area contributed by atoms with Gasteiger partial charge in [-0.15, -0.1) is 0 Å². The van der Waals surface area contributed by atoms with Crippen LogP contribution in [0, 0.1) is 20.8 Å². The van der Waals surface area contributed by atoms with Gasteiger partial charge in [-0.25, -0.2) is 4.79 Å². The van der Waals surface area contributed by atoms with Crippen molar-refractivity contribution >= 4 is 29.1 Å². The van der Waals surface area contributed by atoms with Crippen LogP contribution in [-0.4, -0.2) is 33.2 Å². The number of aryl methyl sites for hydroxylation is 3. The third-order valence-electron chi connectivity index (χ3n) is 5.39. The molecule has 0 bridgehead atoms. The molecule has 164 valence electrons. The maximum absolute atomic E-state index is 12.4. The molecule has 4 aromatic rings. The predicted octanol–water partition coefficient (Wildman–Crippen LogP) is 4.36. The zero-order valence-corrected chi connectivity index (χ0v) is 18.5. The van der Waals surface area contributed by atoms with Gasteiger partial charge in [-0.1, -0.05) is 18.2 Å². The van der Waals surface area contributed by atoms with Gasteiger partial charge in [0.05, 0.1) is 40.3 Å². The molecular weight excluding hydrogens is 418 g/mol. The second-order valence-electron chi connectivity index (χ2n) is 7.74. The predicted molar refractivity (Wildman–Crippen MR) is 123 cm³/mol. The van der Waals surface area contributed by atoms with Crippen LogP contribution in [0.3, 0.4) is 0 Å². The van der Waals surface area contributed by atoms with Crippen LogP contribution in [0.4, 0.5) is 0 Å². The quantitative estimate of drug-likeness (QED) is 0.259. The second-order valence-corrected chi connectivity index (χ2v) is 7.74. The SMILES string of the molecule is Cc1nc(C)c(CC(=O)OC(=O)c2ccc(-c3ccc4ncc(C=O)cc4c3)cc2)nc1C. The first-order valence-corrected chi connectivity index (χ1v) is 10.3. The molecule has 7 nitrogen and oxygen atoms in total. The third-order valence-corrected chi connectivity index (χ3v) is 5.39. The summed E-state index contributed by atoms with van der Waals surface area (Å²) >= 11 is 0. The lowest BCUT2D eigenvalue weighted by Gasteiger charge is -2.08. The van der Waals surface area contributed by atoms with Gasteiger partial charge < -0.3 is 4.74 Å². The van der Waals surface area contributed by atoms with E-state index in [9.17, 15) is 14.4 Å². The van der Waals surface area contributed by atoms with E-state index in [1.807, 2.05) is 32.0 Å². The molecule has 0 fully saturated rings. The number of carbonyl (C=O) groups is 3. The normalized spacial score (nSPS) is 10.8. The summed E-state index contributed by atoms with van der Waals surface area (Å²) in [5.74, 6) is -1.41. The minimum atomic E-state index is -0.723. The Morgan fingerprint density at radius 2 is 1.58 bits per heavy atom. The first-order chi connectivity index (χ1) is 15.8. The summed E-state index contributed by atoms with van der Waals surface area (Å²) in [6, 6.07) is 14.3. The Labute approximate surface area is 190 Å². The number of benzene rings is 2. The number of hydrogen-bond acceptors (Lipinski definition) is 7. The van der Waals surface area contributed by atoms with Gasteiger partial charge in [-0.2, -0.15) is 0 Å². The Kier molecular flexibility index (Phi) is 6.04. The highest BCUT2D eigenvalue weighted by Crippen LogP contribution is 2.24. The van der Waals surface area contributed by atoms with Crippen molar-refractivity contribution in [2.24, 2.45) is 0 Å². The number of rotatable bonds is 5. The molecule has 33 heavy (non-hydrogen) atoms. The first-order valence-electron chi connectivity index (χ1n) is 10.3. The van der Waals surface area contributed by atoms with E-state index in [0.717, 1.165) is 39.7 Å². The Hall–Kier alpha value is -4.26. The Morgan fingerprint density at radius 1 is 0.879 bits per heavy atom. The van der Waals surface area contributed by atoms with E-state index in [-0.39, 0.29) is 12.0 Å². The molecule has 0 radical (unpaired) electrons. The van der Waals surface area contributed by atoms with Crippen LogP contribution in [0.15, 0.2) is 54.7 Å². The number of aromatic nitrogens is 3. The van der Waals surface area contributed by atoms with Gasteiger partial charge in [0.15, 0.2) is 6.29 Å². The summed E-state index contributed by atoms with van der Waals surface area (Å²) in [6.07, 6.45) is 2.16. The average molecular weight is 439 g/mol. The molecule has 0 aliphatic carbocycles. The molecular formula is C26H21N3O4. The van der Waals surface area contributed by atoms with Crippen molar-refractivity contribution in [1.29, 1.82) is 0 Å². The summed E-state index contributed by atoms with van der Waals surface area (Å²) in [7, 11) is 0. The van der Waals surface area contributed by atoms with Crippen molar-refractivity contribution in [3.63, 3.8) is 0 Å². The van der Waals surface area contributed by atoms with Crippen LogP contribution in [0.1, 0.15) is 43.5 Å². The fraction of sp³-hybridized carbons (Fsp3) is 0.154. The Bertz CT molecular complexity index is 1400. The first kappa shape index (κ1) is 22.0. The second kappa shape index (κ2) is 9.08. The van der Waals surface area contributed by atoms with E-state index in [1.54, 1.807) is 37.3 Å². The lowest BCUT2D eigenvalue weighted by atomic mass is 10.0. The Morgan fingerprint density at radius 3 is 2.30 bits per heavy atom. The molecule has 0 atom stereocenters. The summed E-state index contributed by atoms with van der Waals surface area (Å²) < 4.78 is 5.01. The topological polar surface area (TPSA) is 99.1 Å². The molecule has 0 spiro atoms. The Balaban J connectivity index is 1.47. The van der Waals surface area contributed by atoms with Crippen LogP contribution in [0.5, 0.6) is 0 Å². The molecule has 4 rings (SSSR count). The van der Waals surface area contributed by atoms with E-state index >= 15 is 0 Å². The molecule has 0 N–H and O–H groups in total. The van der Waals surface area contributed by atoms with Crippen LogP contribution in [0.25, 0.3) is 22.0 Å². The lowest BCUT2D eigenvalue weighted by Crippen LogP contribution is -2.16. The summed E-state index contributed by atoms with van der Waals surface area (Å²) in [4.78, 5) is 48.7. The monoisotopic (exact) mass is 439 g/mol. The van der Waals surface area contributed by atoms with Gasteiger partial charge in [0, 0.05) is 17.1 Å². The van der Waals surface area contributed by atoms with Gasteiger partial charge in [-0.05, 0) is 62.2 Å². The molecule has 0 saturated heterocycles. The maximum Gasteiger partial charge on any atom is 0.345 e. The molecule has 0 unspecified atom stereocenters. The largest absolute Gasteiger partial charge is 0.389 e. The molecule has 2 aromatic carbocycles. The van der Waals surface area contributed by atoms with Gasteiger partial charge in [-0.3, -0.25) is 24.5 Å². The fourth-order valence-electron chi connectivity index (χ4n) is 3.46. The van der Waals surface area contributed by atoms with E-state index in [2.05, 4.69) is 15.0 Å². The van der Waals surface area contributed by atoms with Gasteiger partial charge >= 0.3 is 11.9 Å². The van der Waals surface area contributed by atoms with Crippen LogP contribution < -0.4 is 0 Å². The number of fused-ring (bicyclic) bond motifs is 1. The zero-order chi connectivity index (χ0) is 23.5. The van der Waals surface area contributed by atoms with Crippen LogP contribution >= 0.6 is 0 Å². The number of carbonyl (C=O) groups excluding carboxylic acids is 3. The maximum atomic E-state index is 12.4. The zero-order valence-electron chi connectivity index (χ0n) is 18.5. The van der Waals surface area contributed by atoms with Gasteiger partial charge in [0.2, 0.25) is 0 Å². The van der Waals surface area contributed by atoms with Crippen molar-refractivity contribution in [2.75, 3.05) is 0 Å². The van der Waals surface area contributed by atoms with E-state index in [1.165, 1.54) is 6.20 Å². The van der Waals surface area contributed by atoms with Crippen molar-refractivity contribution in [2.45, 2.75) is 27.2 Å². The molecule has 2 aromatic heterocycles. The third kappa shape index (κ3) is 4.82. The van der Waals surface area contributed by atoms with E-state index in [4.69, 9.17) is 4.74 Å². The summed E-state index contributed by atoms with van der Waals surface area (Å²) in [5.41, 5.74) is 6.00. The smallest absolute Gasteiger partial charge is 0.345 e. The van der Waals surface area contributed by atoms with Crippen molar-refractivity contribution < 1.29 is 19.1 Å². The number of nitrogens with zero attached hydrogens (tertiary/aromatic N) is 3. The number of hydrogen-bond donors (Lipinski definition) is 0. The van der Waals surface area contributed by atoms with Gasteiger partial charge in [0.1, 0.15) is 0 Å². The van der Waals surface area contributed by atoms with Crippen molar-refractivity contribution in [3.8, 4) is 11.1 Å².